The van der Waals surface area contributed by atoms with Crippen LogP contribution in [0.15, 0.2) is 24.3 Å². The zero-order valence-corrected chi connectivity index (χ0v) is 15.2. The molecule has 0 N–H and O–H groups in total. The van der Waals surface area contributed by atoms with Gasteiger partial charge >= 0.3 is 0 Å². The van der Waals surface area contributed by atoms with Gasteiger partial charge in [-0.25, -0.2) is 4.68 Å². The molecule has 0 bridgehead atoms. The van der Waals surface area contributed by atoms with Crippen molar-refractivity contribution >= 4 is 5.78 Å². The summed E-state index contributed by atoms with van der Waals surface area (Å²) >= 11 is 0. The molecule has 24 heavy (non-hydrogen) atoms. The van der Waals surface area contributed by atoms with Gasteiger partial charge in [-0.05, 0) is 36.3 Å². The van der Waals surface area contributed by atoms with Gasteiger partial charge in [0.05, 0.1) is 29.7 Å². The molecule has 0 spiro atoms. The van der Waals surface area contributed by atoms with Crippen molar-refractivity contribution in [1.29, 1.82) is 0 Å². The number of nitrogens with zero attached hydrogens (tertiary/aromatic N) is 2. The number of ether oxygens (including phenoxy) is 1. The first-order valence-corrected chi connectivity index (χ1v) is 8.59. The fourth-order valence-electron chi connectivity index (χ4n) is 3.51. The maximum absolute atomic E-state index is 12.8. The van der Waals surface area contributed by atoms with E-state index in [1.165, 1.54) is 0 Å². The molecule has 0 atom stereocenters. The smallest absolute Gasteiger partial charge is 0.167 e. The lowest BCUT2D eigenvalue weighted by atomic mass is 9.75. The molecule has 4 nitrogen and oxygen atoms in total. The SMILES string of the molecule is COc1cccc(-n2nc(CC(C)C)c3c2CC(C)(C)CC3=O)c1. The Morgan fingerprint density at radius 3 is 2.71 bits per heavy atom. The minimum absolute atomic E-state index is 0.0319. The third-order valence-electron chi connectivity index (χ3n) is 4.52. The Balaban J connectivity index is 2.17. The van der Waals surface area contributed by atoms with Gasteiger partial charge in [0.1, 0.15) is 5.75 Å². The second kappa shape index (κ2) is 6.08. The number of hydrogen-bond donors (Lipinski definition) is 0. The van der Waals surface area contributed by atoms with Crippen LogP contribution in [0, 0.1) is 11.3 Å². The first-order chi connectivity index (χ1) is 11.3. The van der Waals surface area contributed by atoms with E-state index >= 15 is 0 Å². The number of carbonyl (C=O) groups excluding carboxylic acids is 1. The molecule has 3 rings (SSSR count). The van der Waals surface area contributed by atoms with Gasteiger partial charge < -0.3 is 4.74 Å². The van der Waals surface area contributed by atoms with Gasteiger partial charge in [0, 0.05) is 12.5 Å². The van der Waals surface area contributed by atoms with E-state index in [1.54, 1.807) is 7.11 Å². The van der Waals surface area contributed by atoms with E-state index < -0.39 is 0 Å². The number of fused-ring (bicyclic) bond motifs is 1. The first-order valence-electron chi connectivity index (χ1n) is 8.59. The molecule has 0 amide bonds. The van der Waals surface area contributed by atoms with Crippen molar-refractivity contribution in [3.05, 3.63) is 41.2 Å². The fourth-order valence-corrected chi connectivity index (χ4v) is 3.51. The summed E-state index contributed by atoms with van der Waals surface area (Å²) in [5.74, 6) is 1.49. The summed E-state index contributed by atoms with van der Waals surface area (Å²) in [6.45, 7) is 8.63. The molecule has 1 heterocycles. The highest BCUT2D eigenvalue weighted by atomic mass is 16.5. The van der Waals surface area contributed by atoms with Gasteiger partial charge in [-0.2, -0.15) is 5.10 Å². The summed E-state index contributed by atoms with van der Waals surface area (Å²) in [6.07, 6.45) is 2.27. The van der Waals surface area contributed by atoms with Gasteiger partial charge in [0.15, 0.2) is 5.78 Å². The quantitative estimate of drug-likeness (QED) is 0.844. The lowest BCUT2D eigenvalue weighted by molar-refractivity contribution is 0.0910. The number of Topliss-reactive ketones (excluding diaryl/α,β-unsaturated/α-hetero) is 1. The summed E-state index contributed by atoms with van der Waals surface area (Å²) in [5.41, 5.74) is 3.75. The van der Waals surface area contributed by atoms with Crippen molar-refractivity contribution in [3.8, 4) is 11.4 Å². The number of hydrogen-bond acceptors (Lipinski definition) is 3. The van der Waals surface area contributed by atoms with E-state index in [0.717, 1.165) is 41.2 Å². The lowest BCUT2D eigenvalue weighted by Gasteiger charge is -2.29. The third kappa shape index (κ3) is 3.10. The van der Waals surface area contributed by atoms with Crippen LogP contribution in [0.4, 0.5) is 0 Å². The Morgan fingerprint density at radius 2 is 2.04 bits per heavy atom. The molecule has 0 unspecified atom stereocenters. The van der Waals surface area contributed by atoms with Crippen LogP contribution >= 0.6 is 0 Å². The van der Waals surface area contributed by atoms with E-state index in [-0.39, 0.29) is 11.2 Å². The molecule has 1 aromatic carbocycles. The molecule has 0 saturated carbocycles. The maximum Gasteiger partial charge on any atom is 0.167 e. The van der Waals surface area contributed by atoms with Crippen molar-refractivity contribution in [2.75, 3.05) is 7.11 Å². The van der Waals surface area contributed by atoms with Gasteiger partial charge in [-0.1, -0.05) is 33.8 Å². The summed E-state index contributed by atoms with van der Waals surface area (Å²) in [7, 11) is 1.66. The van der Waals surface area contributed by atoms with Crippen molar-refractivity contribution in [1.82, 2.24) is 9.78 Å². The highest BCUT2D eigenvalue weighted by Gasteiger charge is 2.36. The Morgan fingerprint density at radius 1 is 1.29 bits per heavy atom. The fraction of sp³-hybridized carbons (Fsp3) is 0.500. The molecule has 0 aliphatic heterocycles. The van der Waals surface area contributed by atoms with Crippen LogP contribution in [-0.4, -0.2) is 22.7 Å². The zero-order chi connectivity index (χ0) is 17.5. The molecule has 0 radical (unpaired) electrons. The number of benzene rings is 1. The normalized spacial score (nSPS) is 16.3. The summed E-state index contributed by atoms with van der Waals surface area (Å²) in [5, 5.41) is 4.83. The molecule has 128 valence electrons. The monoisotopic (exact) mass is 326 g/mol. The summed E-state index contributed by atoms with van der Waals surface area (Å²) in [4.78, 5) is 12.8. The molecular formula is C20H26N2O2. The first kappa shape index (κ1) is 16.7. The molecule has 1 aliphatic carbocycles. The zero-order valence-electron chi connectivity index (χ0n) is 15.2. The molecule has 2 aromatic rings. The van der Waals surface area contributed by atoms with E-state index in [2.05, 4.69) is 27.7 Å². The largest absolute Gasteiger partial charge is 0.497 e. The Labute approximate surface area is 143 Å². The van der Waals surface area contributed by atoms with Gasteiger partial charge in [0.25, 0.3) is 0 Å². The predicted molar refractivity (Wildman–Crippen MR) is 95.1 cm³/mol. The number of methoxy groups -OCH3 is 1. The molecule has 0 fully saturated rings. The predicted octanol–water partition coefficient (Wildman–Crippen LogP) is 4.23. The minimum Gasteiger partial charge on any atom is -0.497 e. The van der Waals surface area contributed by atoms with Gasteiger partial charge in [-0.3, -0.25) is 4.79 Å². The number of ketones is 1. The minimum atomic E-state index is -0.0319. The average Bonchev–Trinajstić information content (AvgIpc) is 2.83. The van der Waals surface area contributed by atoms with Crippen LogP contribution in [0.2, 0.25) is 0 Å². The second-order valence-corrected chi connectivity index (χ2v) is 7.92. The van der Waals surface area contributed by atoms with Crippen LogP contribution in [0.3, 0.4) is 0 Å². The lowest BCUT2D eigenvalue weighted by Crippen LogP contribution is -2.28. The topological polar surface area (TPSA) is 44.1 Å². The van der Waals surface area contributed by atoms with Gasteiger partial charge in [-0.15, -0.1) is 0 Å². The highest BCUT2D eigenvalue weighted by Crippen LogP contribution is 2.37. The van der Waals surface area contributed by atoms with Crippen molar-refractivity contribution in [2.45, 2.75) is 47.0 Å². The van der Waals surface area contributed by atoms with Crippen LogP contribution in [0.1, 0.15) is 55.9 Å². The van der Waals surface area contributed by atoms with E-state index in [1.807, 2.05) is 28.9 Å². The number of rotatable bonds is 4. The standard InChI is InChI=1S/C20H26N2O2/c1-13(2)9-16-19-17(11-20(3,4)12-18(19)23)22(21-16)14-7-6-8-15(10-14)24-5/h6-8,10,13H,9,11-12H2,1-5H3. The highest BCUT2D eigenvalue weighted by molar-refractivity contribution is 6.00. The van der Waals surface area contributed by atoms with E-state index in [0.29, 0.717) is 12.3 Å². The van der Waals surface area contributed by atoms with Crippen molar-refractivity contribution < 1.29 is 9.53 Å². The van der Waals surface area contributed by atoms with Crippen LogP contribution in [0.5, 0.6) is 5.75 Å². The Hall–Kier alpha value is -2.10. The van der Waals surface area contributed by atoms with Gasteiger partial charge in [0.2, 0.25) is 0 Å². The molecule has 1 aromatic heterocycles. The van der Waals surface area contributed by atoms with E-state index in [9.17, 15) is 4.79 Å². The molecule has 4 heteroatoms. The summed E-state index contributed by atoms with van der Waals surface area (Å²) in [6, 6.07) is 7.86. The van der Waals surface area contributed by atoms with Crippen LogP contribution < -0.4 is 4.74 Å². The Kier molecular flexibility index (Phi) is 4.24. The van der Waals surface area contributed by atoms with Crippen molar-refractivity contribution in [3.63, 3.8) is 0 Å². The maximum atomic E-state index is 12.8. The third-order valence-corrected chi connectivity index (χ3v) is 4.52. The number of carbonyl (C=O) groups is 1. The summed E-state index contributed by atoms with van der Waals surface area (Å²) < 4.78 is 7.30. The average molecular weight is 326 g/mol. The van der Waals surface area contributed by atoms with Crippen molar-refractivity contribution in [2.24, 2.45) is 11.3 Å². The van der Waals surface area contributed by atoms with Crippen LogP contribution in [-0.2, 0) is 12.8 Å². The Bertz CT molecular complexity index is 772. The van der Waals surface area contributed by atoms with Crippen LogP contribution in [0.25, 0.3) is 5.69 Å². The molecule has 0 saturated heterocycles. The second-order valence-electron chi connectivity index (χ2n) is 7.92. The molecular weight excluding hydrogens is 300 g/mol. The van der Waals surface area contributed by atoms with E-state index in [4.69, 9.17) is 9.84 Å². The molecule has 1 aliphatic rings. The number of aromatic nitrogens is 2.